The van der Waals surface area contributed by atoms with Gasteiger partial charge in [0.1, 0.15) is 5.69 Å². The molecule has 0 aliphatic heterocycles. The Morgan fingerprint density at radius 3 is 2.89 bits per heavy atom. The minimum atomic E-state index is -0.294. The molecule has 4 atom stereocenters. The van der Waals surface area contributed by atoms with Crippen LogP contribution < -0.4 is 10.9 Å². The monoisotopic (exact) mass is 261 g/mol. The number of aromatic amines is 1. The number of hydrogen-bond donors (Lipinski definition) is 2. The predicted molar refractivity (Wildman–Crippen MR) is 70.7 cm³/mol. The SMILES string of the molecule is CC(NC(=O)c1c[nH]c(=O)cn1)C1CC2CCC1C2. The fourth-order valence-electron chi connectivity index (χ4n) is 3.76. The molecule has 1 aromatic rings. The molecular weight excluding hydrogens is 242 g/mol. The quantitative estimate of drug-likeness (QED) is 0.861. The van der Waals surface area contributed by atoms with Crippen molar-refractivity contribution in [3.05, 3.63) is 28.4 Å². The Morgan fingerprint density at radius 1 is 1.47 bits per heavy atom. The first-order valence-electron chi connectivity index (χ1n) is 6.99. The van der Waals surface area contributed by atoms with Crippen LogP contribution in [0.4, 0.5) is 0 Å². The van der Waals surface area contributed by atoms with Gasteiger partial charge in [0.25, 0.3) is 11.5 Å². The molecule has 2 fully saturated rings. The van der Waals surface area contributed by atoms with Crippen LogP contribution in [0.25, 0.3) is 0 Å². The molecule has 1 aromatic heterocycles. The van der Waals surface area contributed by atoms with E-state index in [1.807, 2.05) is 0 Å². The summed E-state index contributed by atoms with van der Waals surface area (Å²) >= 11 is 0. The molecule has 4 unspecified atom stereocenters. The zero-order valence-corrected chi connectivity index (χ0v) is 11.1. The first-order chi connectivity index (χ1) is 9.13. The number of amides is 1. The Morgan fingerprint density at radius 2 is 2.32 bits per heavy atom. The summed E-state index contributed by atoms with van der Waals surface area (Å²) in [7, 11) is 0. The van der Waals surface area contributed by atoms with Gasteiger partial charge in [-0.05, 0) is 43.9 Å². The topological polar surface area (TPSA) is 74.8 Å². The van der Waals surface area contributed by atoms with Gasteiger partial charge in [0.05, 0.1) is 6.20 Å². The molecule has 3 rings (SSSR count). The lowest BCUT2D eigenvalue weighted by Crippen LogP contribution is -2.40. The van der Waals surface area contributed by atoms with Crippen molar-refractivity contribution in [2.24, 2.45) is 17.8 Å². The van der Waals surface area contributed by atoms with Crippen molar-refractivity contribution in [2.75, 3.05) is 0 Å². The second kappa shape index (κ2) is 4.79. The Kier molecular flexibility index (Phi) is 3.12. The van der Waals surface area contributed by atoms with Crippen LogP contribution in [0.1, 0.15) is 43.1 Å². The Labute approximate surface area is 111 Å². The van der Waals surface area contributed by atoms with Gasteiger partial charge in [0.15, 0.2) is 0 Å². The van der Waals surface area contributed by atoms with Crippen LogP contribution in [-0.2, 0) is 0 Å². The van der Waals surface area contributed by atoms with Gasteiger partial charge in [0, 0.05) is 12.2 Å². The van der Waals surface area contributed by atoms with Crippen molar-refractivity contribution in [3.63, 3.8) is 0 Å². The van der Waals surface area contributed by atoms with Crippen LogP contribution >= 0.6 is 0 Å². The van der Waals surface area contributed by atoms with E-state index < -0.39 is 0 Å². The molecule has 2 aliphatic carbocycles. The van der Waals surface area contributed by atoms with E-state index in [2.05, 4.69) is 22.2 Å². The first kappa shape index (κ1) is 12.4. The van der Waals surface area contributed by atoms with Crippen LogP contribution in [0.5, 0.6) is 0 Å². The molecule has 0 radical (unpaired) electrons. The fraction of sp³-hybridized carbons (Fsp3) is 0.643. The maximum atomic E-state index is 12.0. The largest absolute Gasteiger partial charge is 0.348 e. The molecular formula is C14H19N3O2. The van der Waals surface area contributed by atoms with Crippen LogP contribution in [-0.4, -0.2) is 21.9 Å². The van der Waals surface area contributed by atoms with Crippen molar-refractivity contribution in [3.8, 4) is 0 Å². The van der Waals surface area contributed by atoms with Gasteiger partial charge in [0.2, 0.25) is 0 Å². The number of nitrogens with one attached hydrogen (secondary N) is 2. The zero-order valence-electron chi connectivity index (χ0n) is 11.1. The number of fused-ring (bicyclic) bond motifs is 2. The smallest absolute Gasteiger partial charge is 0.271 e. The molecule has 0 spiro atoms. The maximum Gasteiger partial charge on any atom is 0.271 e. The van der Waals surface area contributed by atoms with Gasteiger partial charge in [-0.3, -0.25) is 9.59 Å². The molecule has 5 nitrogen and oxygen atoms in total. The lowest BCUT2D eigenvalue weighted by atomic mass is 9.84. The Balaban J connectivity index is 1.63. The van der Waals surface area contributed by atoms with E-state index in [0.717, 1.165) is 18.0 Å². The maximum absolute atomic E-state index is 12.0. The van der Waals surface area contributed by atoms with Gasteiger partial charge in [-0.15, -0.1) is 0 Å². The van der Waals surface area contributed by atoms with Crippen molar-refractivity contribution < 1.29 is 4.79 Å². The van der Waals surface area contributed by atoms with Gasteiger partial charge >= 0.3 is 0 Å². The Bertz CT molecular complexity index is 519. The third-order valence-electron chi connectivity index (χ3n) is 4.70. The number of carbonyl (C=O) groups excluding carboxylic acids is 1. The summed E-state index contributed by atoms with van der Waals surface area (Å²) < 4.78 is 0. The Hall–Kier alpha value is -1.65. The molecule has 0 aromatic carbocycles. The molecule has 1 amide bonds. The molecule has 5 heteroatoms. The number of H-pyrrole nitrogens is 1. The second-order valence-corrected chi connectivity index (χ2v) is 5.90. The van der Waals surface area contributed by atoms with E-state index in [0.29, 0.717) is 5.92 Å². The third kappa shape index (κ3) is 2.41. The van der Waals surface area contributed by atoms with Gasteiger partial charge < -0.3 is 10.3 Å². The lowest BCUT2D eigenvalue weighted by molar-refractivity contribution is 0.0909. The van der Waals surface area contributed by atoms with E-state index in [4.69, 9.17) is 0 Å². The van der Waals surface area contributed by atoms with Gasteiger partial charge in [-0.2, -0.15) is 0 Å². The summed E-state index contributed by atoms with van der Waals surface area (Å²) in [5, 5.41) is 3.02. The van der Waals surface area contributed by atoms with Crippen molar-refractivity contribution >= 4 is 5.91 Å². The second-order valence-electron chi connectivity index (χ2n) is 5.90. The highest BCUT2D eigenvalue weighted by Gasteiger charge is 2.42. The van der Waals surface area contributed by atoms with E-state index >= 15 is 0 Å². The molecule has 1 heterocycles. The number of aromatic nitrogens is 2. The summed E-state index contributed by atoms with van der Waals surface area (Å²) in [6.45, 7) is 2.08. The molecule has 2 saturated carbocycles. The van der Waals surface area contributed by atoms with Crippen molar-refractivity contribution in [2.45, 2.75) is 38.6 Å². The fourth-order valence-corrected chi connectivity index (χ4v) is 3.76. The molecule has 102 valence electrons. The van der Waals surface area contributed by atoms with E-state index in [9.17, 15) is 9.59 Å². The number of nitrogens with zero attached hydrogens (tertiary/aromatic N) is 1. The van der Waals surface area contributed by atoms with E-state index in [1.54, 1.807) is 0 Å². The molecule has 2 aliphatic rings. The van der Waals surface area contributed by atoms with Crippen LogP contribution in [0, 0.1) is 17.8 Å². The van der Waals surface area contributed by atoms with E-state index in [-0.39, 0.29) is 23.2 Å². The highest BCUT2D eigenvalue weighted by molar-refractivity contribution is 5.92. The molecule has 2 N–H and O–H groups in total. The highest BCUT2D eigenvalue weighted by atomic mass is 16.2. The number of rotatable bonds is 3. The summed E-state index contributed by atoms with van der Waals surface area (Å²) in [4.78, 5) is 29.3. The van der Waals surface area contributed by atoms with Crippen LogP contribution in [0.2, 0.25) is 0 Å². The normalized spacial score (nSPS) is 30.3. The highest BCUT2D eigenvalue weighted by Crippen LogP contribution is 2.49. The number of carbonyl (C=O) groups is 1. The average Bonchev–Trinajstić information content (AvgIpc) is 3.01. The predicted octanol–water partition coefficient (Wildman–Crippen LogP) is 1.32. The number of hydrogen-bond acceptors (Lipinski definition) is 3. The average molecular weight is 261 g/mol. The van der Waals surface area contributed by atoms with Crippen LogP contribution in [0.3, 0.4) is 0 Å². The minimum absolute atomic E-state index is 0.177. The summed E-state index contributed by atoms with van der Waals surface area (Å²) in [5.74, 6) is 2.06. The first-order valence-corrected chi connectivity index (χ1v) is 6.99. The standard InChI is InChI=1S/C14H19N3O2/c1-8(11-5-9-2-3-10(11)4-9)17-14(19)12-6-16-13(18)7-15-12/h6-11H,2-5H2,1H3,(H,16,18)(H,17,19). The molecule has 19 heavy (non-hydrogen) atoms. The molecule has 0 saturated heterocycles. The zero-order chi connectivity index (χ0) is 13.4. The van der Waals surface area contributed by atoms with Crippen molar-refractivity contribution in [1.29, 1.82) is 0 Å². The van der Waals surface area contributed by atoms with Crippen molar-refractivity contribution in [1.82, 2.24) is 15.3 Å². The minimum Gasteiger partial charge on any atom is -0.348 e. The van der Waals surface area contributed by atoms with Crippen LogP contribution in [0.15, 0.2) is 17.2 Å². The summed E-state index contributed by atoms with van der Waals surface area (Å²) in [5.41, 5.74) is -0.0210. The lowest BCUT2D eigenvalue weighted by Gasteiger charge is -2.28. The van der Waals surface area contributed by atoms with Gasteiger partial charge in [-0.1, -0.05) is 6.42 Å². The summed E-state index contributed by atoms with van der Waals surface area (Å²) in [6.07, 6.45) is 7.75. The summed E-state index contributed by atoms with van der Waals surface area (Å²) in [6, 6.07) is 0.177. The van der Waals surface area contributed by atoms with E-state index in [1.165, 1.54) is 31.9 Å². The van der Waals surface area contributed by atoms with Gasteiger partial charge in [-0.25, -0.2) is 4.98 Å². The molecule has 2 bridgehead atoms. The third-order valence-corrected chi connectivity index (χ3v) is 4.70.